The largest absolute Gasteiger partial charge is 0.465 e. The lowest BCUT2D eigenvalue weighted by Crippen LogP contribution is -2.44. The summed E-state index contributed by atoms with van der Waals surface area (Å²) in [7, 11) is 1.31. The molecular formula is C16H20N2O5. The van der Waals surface area contributed by atoms with Gasteiger partial charge in [0.15, 0.2) is 0 Å². The maximum atomic E-state index is 12.2. The molecule has 1 fully saturated rings. The van der Waals surface area contributed by atoms with Crippen LogP contribution in [0, 0.1) is 0 Å². The molecule has 1 aliphatic rings. The van der Waals surface area contributed by atoms with Gasteiger partial charge in [-0.05, 0) is 17.7 Å². The zero-order chi connectivity index (χ0) is 17.0. The summed E-state index contributed by atoms with van der Waals surface area (Å²) in [5.41, 5.74) is 1.25. The Bertz CT molecular complexity index is 599. The van der Waals surface area contributed by atoms with Crippen LogP contribution in [0.25, 0.3) is 0 Å². The minimum absolute atomic E-state index is 0.182. The van der Waals surface area contributed by atoms with Gasteiger partial charge in [-0.25, -0.2) is 4.79 Å². The zero-order valence-electron chi connectivity index (χ0n) is 13.1. The molecule has 2 atom stereocenters. The van der Waals surface area contributed by atoms with Gasteiger partial charge in [0.1, 0.15) is 6.04 Å². The average Bonchev–Trinajstić information content (AvgIpc) is 2.94. The summed E-state index contributed by atoms with van der Waals surface area (Å²) in [4.78, 5) is 36.4. The highest BCUT2D eigenvalue weighted by Gasteiger charge is 2.37. The van der Waals surface area contributed by atoms with Gasteiger partial charge in [-0.1, -0.05) is 12.1 Å². The van der Waals surface area contributed by atoms with E-state index in [0.29, 0.717) is 5.56 Å². The molecular weight excluding hydrogens is 300 g/mol. The second-order valence-electron chi connectivity index (χ2n) is 5.48. The third-order valence-corrected chi connectivity index (χ3v) is 3.83. The first-order valence-corrected chi connectivity index (χ1v) is 7.32. The SMILES string of the molecule is COC(=O)c1ccc(CNC(=O)C2CC(O)CN2C(C)=O)cc1. The highest BCUT2D eigenvalue weighted by Crippen LogP contribution is 2.18. The third-order valence-electron chi connectivity index (χ3n) is 3.83. The second-order valence-corrected chi connectivity index (χ2v) is 5.48. The van der Waals surface area contributed by atoms with Crippen LogP contribution in [0.2, 0.25) is 0 Å². The zero-order valence-corrected chi connectivity index (χ0v) is 13.1. The number of nitrogens with zero attached hydrogens (tertiary/aromatic N) is 1. The smallest absolute Gasteiger partial charge is 0.337 e. The number of amides is 2. The van der Waals surface area contributed by atoms with Gasteiger partial charge in [0, 0.05) is 26.4 Å². The van der Waals surface area contributed by atoms with Gasteiger partial charge in [-0.3, -0.25) is 9.59 Å². The van der Waals surface area contributed by atoms with Gasteiger partial charge in [-0.15, -0.1) is 0 Å². The van der Waals surface area contributed by atoms with E-state index in [-0.39, 0.29) is 31.3 Å². The van der Waals surface area contributed by atoms with E-state index in [9.17, 15) is 19.5 Å². The highest BCUT2D eigenvalue weighted by molar-refractivity contribution is 5.89. The molecule has 23 heavy (non-hydrogen) atoms. The lowest BCUT2D eigenvalue weighted by Gasteiger charge is -2.22. The van der Waals surface area contributed by atoms with Crippen molar-refractivity contribution in [2.24, 2.45) is 0 Å². The lowest BCUT2D eigenvalue weighted by atomic mass is 10.1. The molecule has 0 bridgehead atoms. The van der Waals surface area contributed by atoms with Gasteiger partial charge >= 0.3 is 5.97 Å². The topological polar surface area (TPSA) is 95.9 Å². The maximum absolute atomic E-state index is 12.2. The predicted octanol–water partition coefficient (Wildman–Crippen LogP) is 0.0711. The van der Waals surface area contributed by atoms with Gasteiger partial charge in [0.25, 0.3) is 0 Å². The van der Waals surface area contributed by atoms with Crippen LogP contribution in [0.5, 0.6) is 0 Å². The molecule has 1 heterocycles. The van der Waals surface area contributed by atoms with Crippen LogP contribution in [-0.4, -0.2) is 53.6 Å². The molecule has 1 aromatic carbocycles. The van der Waals surface area contributed by atoms with Crippen LogP contribution in [0.3, 0.4) is 0 Å². The Morgan fingerprint density at radius 1 is 1.30 bits per heavy atom. The van der Waals surface area contributed by atoms with Crippen molar-refractivity contribution in [3.05, 3.63) is 35.4 Å². The van der Waals surface area contributed by atoms with Crippen molar-refractivity contribution in [1.29, 1.82) is 0 Å². The van der Waals surface area contributed by atoms with E-state index >= 15 is 0 Å². The number of carbonyl (C=O) groups excluding carboxylic acids is 3. The van der Waals surface area contributed by atoms with E-state index in [1.165, 1.54) is 18.9 Å². The summed E-state index contributed by atoms with van der Waals surface area (Å²) >= 11 is 0. The first kappa shape index (κ1) is 17.0. The van der Waals surface area contributed by atoms with E-state index in [1.807, 2.05) is 0 Å². The molecule has 2 unspecified atom stereocenters. The number of ether oxygens (including phenoxy) is 1. The van der Waals surface area contributed by atoms with Crippen LogP contribution in [0.1, 0.15) is 29.3 Å². The number of aliphatic hydroxyl groups excluding tert-OH is 1. The average molecular weight is 320 g/mol. The van der Waals surface area contributed by atoms with E-state index < -0.39 is 18.1 Å². The summed E-state index contributed by atoms with van der Waals surface area (Å²) in [6.45, 7) is 1.84. The van der Waals surface area contributed by atoms with Crippen molar-refractivity contribution < 1.29 is 24.2 Å². The van der Waals surface area contributed by atoms with Crippen LogP contribution in [0.15, 0.2) is 24.3 Å². The first-order valence-electron chi connectivity index (χ1n) is 7.32. The molecule has 2 N–H and O–H groups in total. The fraction of sp³-hybridized carbons (Fsp3) is 0.438. The molecule has 2 rings (SSSR count). The normalized spacial score (nSPS) is 20.2. The molecule has 0 aliphatic carbocycles. The van der Waals surface area contributed by atoms with Crippen molar-refractivity contribution in [1.82, 2.24) is 10.2 Å². The second kappa shape index (κ2) is 7.23. The number of likely N-dealkylation sites (tertiary alicyclic amines) is 1. The quantitative estimate of drug-likeness (QED) is 0.766. The Labute approximate surface area is 134 Å². The number of carbonyl (C=O) groups is 3. The lowest BCUT2D eigenvalue weighted by molar-refractivity contribution is -0.137. The van der Waals surface area contributed by atoms with Crippen molar-refractivity contribution in [3.63, 3.8) is 0 Å². The predicted molar refractivity (Wildman–Crippen MR) is 81.4 cm³/mol. The Hall–Kier alpha value is -2.41. The molecule has 7 nitrogen and oxygen atoms in total. The fourth-order valence-corrected chi connectivity index (χ4v) is 2.59. The number of methoxy groups -OCH3 is 1. The van der Waals surface area contributed by atoms with Crippen molar-refractivity contribution in [3.8, 4) is 0 Å². The number of nitrogens with one attached hydrogen (secondary N) is 1. The fourth-order valence-electron chi connectivity index (χ4n) is 2.59. The number of benzene rings is 1. The van der Waals surface area contributed by atoms with Crippen LogP contribution < -0.4 is 5.32 Å². The van der Waals surface area contributed by atoms with E-state index in [1.54, 1.807) is 24.3 Å². The molecule has 1 saturated heterocycles. The number of aliphatic hydroxyl groups is 1. The minimum atomic E-state index is -0.672. The number of esters is 1. The van der Waals surface area contributed by atoms with Gasteiger partial charge in [0.2, 0.25) is 11.8 Å². The first-order chi connectivity index (χ1) is 10.9. The Morgan fingerprint density at radius 3 is 2.52 bits per heavy atom. The molecule has 124 valence electrons. The van der Waals surface area contributed by atoms with Gasteiger partial charge in [0.05, 0.1) is 18.8 Å². The standard InChI is InChI=1S/C16H20N2O5/c1-10(19)18-9-13(20)7-14(18)15(21)17-8-11-3-5-12(6-4-11)16(22)23-2/h3-6,13-14,20H,7-9H2,1-2H3,(H,17,21). The summed E-state index contributed by atoms with van der Waals surface area (Å²) in [6, 6.07) is 6.04. The third kappa shape index (κ3) is 4.07. The van der Waals surface area contributed by atoms with E-state index in [2.05, 4.69) is 10.1 Å². The summed E-state index contributed by atoms with van der Waals surface area (Å²) in [6.07, 6.45) is -0.429. The molecule has 0 aromatic heterocycles. The molecule has 7 heteroatoms. The van der Waals surface area contributed by atoms with Crippen molar-refractivity contribution >= 4 is 17.8 Å². The van der Waals surface area contributed by atoms with E-state index in [4.69, 9.17) is 0 Å². The van der Waals surface area contributed by atoms with Crippen LogP contribution in [0.4, 0.5) is 0 Å². The molecule has 2 amide bonds. The Kier molecular flexibility index (Phi) is 5.33. The molecule has 1 aliphatic heterocycles. The highest BCUT2D eigenvalue weighted by atomic mass is 16.5. The van der Waals surface area contributed by atoms with Gasteiger partial charge < -0.3 is 20.1 Å². The molecule has 0 spiro atoms. The van der Waals surface area contributed by atoms with Gasteiger partial charge in [-0.2, -0.15) is 0 Å². The van der Waals surface area contributed by atoms with Crippen LogP contribution in [-0.2, 0) is 20.9 Å². The molecule has 0 radical (unpaired) electrons. The minimum Gasteiger partial charge on any atom is -0.465 e. The Balaban J connectivity index is 1.93. The number of hydrogen-bond acceptors (Lipinski definition) is 5. The van der Waals surface area contributed by atoms with E-state index in [0.717, 1.165) is 5.56 Å². The summed E-state index contributed by atoms with van der Waals surface area (Å²) in [5, 5.41) is 12.4. The monoisotopic (exact) mass is 320 g/mol. The summed E-state index contributed by atoms with van der Waals surface area (Å²) in [5.74, 6) is -0.949. The maximum Gasteiger partial charge on any atom is 0.337 e. The van der Waals surface area contributed by atoms with Crippen molar-refractivity contribution in [2.75, 3.05) is 13.7 Å². The molecule has 1 aromatic rings. The van der Waals surface area contributed by atoms with Crippen molar-refractivity contribution in [2.45, 2.75) is 32.0 Å². The Morgan fingerprint density at radius 2 is 1.96 bits per heavy atom. The number of β-amino-alcohol motifs (C(OH)–C–C–N with tert-alkyl or cyclic N) is 1. The molecule has 0 saturated carbocycles. The number of rotatable bonds is 4. The summed E-state index contributed by atoms with van der Waals surface area (Å²) < 4.78 is 4.62. The number of hydrogen-bond donors (Lipinski definition) is 2. The van der Waals surface area contributed by atoms with Crippen LogP contribution >= 0.6 is 0 Å².